The van der Waals surface area contributed by atoms with Gasteiger partial charge in [-0.3, -0.25) is 9.59 Å². The SMILES string of the molecule is CC(NC(=O)CCC(=O)Nc1cc(-c2ccccc2)nn1-c1cccc(Cl)c1)c1ccccc1. The van der Waals surface area contributed by atoms with Gasteiger partial charge in [-0.05, 0) is 30.7 Å². The smallest absolute Gasteiger partial charge is 0.226 e. The van der Waals surface area contributed by atoms with Crippen LogP contribution in [0, 0.1) is 0 Å². The second-order valence-electron chi connectivity index (χ2n) is 7.92. The number of carbonyl (C=O) groups excluding carboxylic acids is 2. The van der Waals surface area contributed by atoms with Crippen molar-refractivity contribution < 1.29 is 9.59 Å². The standard InChI is InChI=1S/C27H25ClN4O2/c1-19(20-9-4-2-5-10-20)29-26(33)15-16-27(34)30-25-18-24(21-11-6-3-7-12-21)31-32(25)23-14-8-13-22(28)17-23/h2-14,17-19H,15-16H2,1H3,(H,29,33)(H,30,34). The lowest BCUT2D eigenvalue weighted by Crippen LogP contribution is -2.27. The van der Waals surface area contributed by atoms with Crippen LogP contribution in [0.3, 0.4) is 0 Å². The van der Waals surface area contributed by atoms with Crippen molar-refractivity contribution in [1.82, 2.24) is 15.1 Å². The quantitative estimate of drug-likeness (QED) is 0.341. The average molecular weight is 473 g/mol. The Balaban J connectivity index is 1.45. The average Bonchev–Trinajstić information content (AvgIpc) is 3.27. The summed E-state index contributed by atoms with van der Waals surface area (Å²) in [6.45, 7) is 1.92. The molecule has 3 aromatic carbocycles. The summed E-state index contributed by atoms with van der Waals surface area (Å²) in [5, 5.41) is 11.1. The Kier molecular flexibility index (Phi) is 7.40. The molecule has 0 spiro atoms. The highest BCUT2D eigenvalue weighted by molar-refractivity contribution is 6.30. The molecule has 2 amide bonds. The highest BCUT2D eigenvalue weighted by Crippen LogP contribution is 2.26. The molecule has 0 aliphatic carbocycles. The van der Waals surface area contributed by atoms with Gasteiger partial charge < -0.3 is 10.6 Å². The van der Waals surface area contributed by atoms with Crippen LogP contribution in [-0.4, -0.2) is 21.6 Å². The van der Waals surface area contributed by atoms with Crippen molar-refractivity contribution in [2.24, 2.45) is 0 Å². The predicted octanol–water partition coefficient (Wildman–Crippen LogP) is 5.79. The maximum atomic E-state index is 12.7. The van der Waals surface area contributed by atoms with Crippen LogP contribution in [0.2, 0.25) is 5.02 Å². The van der Waals surface area contributed by atoms with Gasteiger partial charge in [-0.15, -0.1) is 0 Å². The third-order valence-electron chi connectivity index (χ3n) is 5.36. The summed E-state index contributed by atoms with van der Waals surface area (Å²) in [5.74, 6) is 0.0503. The topological polar surface area (TPSA) is 76.0 Å². The highest BCUT2D eigenvalue weighted by atomic mass is 35.5. The van der Waals surface area contributed by atoms with Crippen molar-refractivity contribution in [2.75, 3.05) is 5.32 Å². The summed E-state index contributed by atoms with van der Waals surface area (Å²) in [6, 6.07) is 28.3. The minimum Gasteiger partial charge on any atom is -0.350 e. The zero-order chi connectivity index (χ0) is 23.9. The summed E-state index contributed by atoms with van der Waals surface area (Å²) < 4.78 is 1.64. The fraction of sp³-hybridized carbons (Fsp3) is 0.148. The molecule has 0 radical (unpaired) electrons. The van der Waals surface area contributed by atoms with Crippen LogP contribution in [0.25, 0.3) is 16.9 Å². The van der Waals surface area contributed by atoms with Gasteiger partial charge in [-0.2, -0.15) is 5.10 Å². The van der Waals surface area contributed by atoms with E-state index in [9.17, 15) is 9.59 Å². The molecule has 2 N–H and O–H groups in total. The van der Waals surface area contributed by atoms with Gasteiger partial charge in [0.05, 0.1) is 17.4 Å². The Labute approximate surface area is 203 Å². The van der Waals surface area contributed by atoms with Crippen LogP contribution in [-0.2, 0) is 9.59 Å². The number of amides is 2. The van der Waals surface area contributed by atoms with Gasteiger partial charge in [0.25, 0.3) is 0 Å². The zero-order valence-electron chi connectivity index (χ0n) is 18.7. The van der Waals surface area contributed by atoms with E-state index in [0.717, 1.165) is 16.8 Å². The van der Waals surface area contributed by atoms with E-state index in [1.165, 1.54) is 0 Å². The molecule has 0 bridgehead atoms. The molecular formula is C27H25ClN4O2. The molecule has 1 atom stereocenters. The normalized spacial score (nSPS) is 11.6. The first-order valence-electron chi connectivity index (χ1n) is 11.0. The molecule has 7 heteroatoms. The first-order chi connectivity index (χ1) is 16.5. The van der Waals surface area contributed by atoms with E-state index < -0.39 is 0 Å². The number of halogens is 1. The van der Waals surface area contributed by atoms with Crippen molar-refractivity contribution in [3.8, 4) is 16.9 Å². The molecule has 172 valence electrons. The number of nitrogens with zero attached hydrogens (tertiary/aromatic N) is 2. The molecule has 4 rings (SSSR count). The molecule has 34 heavy (non-hydrogen) atoms. The molecule has 1 aromatic heterocycles. The fourth-order valence-electron chi connectivity index (χ4n) is 3.60. The lowest BCUT2D eigenvalue weighted by Gasteiger charge is -2.14. The molecule has 1 unspecified atom stereocenters. The third-order valence-corrected chi connectivity index (χ3v) is 5.59. The van der Waals surface area contributed by atoms with Crippen LogP contribution in [0.15, 0.2) is 91.0 Å². The van der Waals surface area contributed by atoms with Crippen LogP contribution >= 0.6 is 11.6 Å². The fourth-order valence-corrected chi connectivity index (χ4v) is 3.78. The molecule has 6 nitrogen and oxygen atoms in total. The molecular weight excluding hydrogens is 448 g/mol. The maximum Gasteiger partial charge on any atom is 0.226 e. The van der Waals surface area contributed by atoms with Crippen molar-refractivity contribution in [3.05, 3.63) is 102 Å². The van der Waals surface area contributed by atoms with E-state index in [4.69, 9.17) is 11.6 Å². The van der Waals surface area contributed by atoms with Crippen LogP contribution in [0.5, 0.6) is 0 Å². The Hall–Kier alpha value is -3.90. The first-order valence-corrected chi connectivity index (χ1v) is 11.4. The van der Waals surface area contributed by atoms with Crippen molar-refractivity contribution >= 4 is 29.2 Å². The number of aromatic nitrogens is 2. The van der Waals surface area contributed by atoms with E-state index in [2.05, 4.69) is 15.7 Å². The minimum atomic E-state index is -0.273. The lowest BCUT2D eigenvalue weighted by atomic mass is 10.1. The molecule has 4 aromatic rings. The number of hydrogen-bond acceptors (Lipinski definition) is 3. The Bertz CT molecular complexity index is 1270. The Morgan fingerprint density at radius 2 is 1.56 bits per heavy atom. The van der Waals surface area contributed by atoms with Crippen molar-refractivity contribution in [2.45, 2.75) is 25.8 Å². The molecule has 1 heterocycles. The third kappa shape index (κ3) is 5.91. The van der Waals surface area contributed by atoms with Gasteiger partial charge in [0, 0.05) is 29.5 Å². The number of hydrogen-bond donors (Lipinski definition) is 2. The summed E-state index contributed by atoms with van der Waals surface area (Å²) in [5.41, 5.74) is 3.37. The molecule has 0 aliphatic heterocycles. The molecule has 0 aliphatic rings. The van der Waals surface area contributed by atoms with Crippen molar-refractivity contribution in [3.63, 3.8) is 0 Å². The van der Waals surface area contributed by atoms with E-state index >= 15 is 0 Å². The van der Waals surface area contributed by atoms with E-state index in [1.54, 1.807) is 16.8 Å². The van der Waals surface area contributed by atoms with E-state index in [1.807, 2.05) is 85.8 Å². The zero-order valence-corrected chi connectivity index (χ0v) is 19.5. The van der Waals surface area contributed by atoms with E-state index in [-0.39, 0.29) is 30.7 Å². The first kappa shape index (κ1) is 23.3. The Morgan fingerprint density at radius 1 is 0.882 bits per heavy atom. The number of benzene rings is 3. The van der Waals surface area contributed by atoms with E-state index in [0.29, 0.717) is 16.5 Å². The molecule has 0 saturated carbocycles. The predicted molar refractivity (Wildman–Crippen MR) is 135 cm³/mol. The van der Waals surface area contributed by atoms with Crippen molar-refractivity contribution in [1.29, 1.82) is 0 Å². The monoisotopic (exact) mass is 472 g/mol. The Morgan fingerprint density at radius 3 is 2.26 bits per heavy atom. The molecule has 0 fully saturated rings. The highest BCUT2D eigenvalue weighted by Gasteiger charge is 2.16. The van der Waals surface area contributed by atoms with Crippen LogP contribution < -0.4 is 10.6 Å². The van der Waals surface area contributed by atoms with Crippen LogP contribution in [0.1, 0.15) is 31.4 Å². The summed E-state index contributed by atoms with van der Waals surface area (Å²) in [4.78, 5) is 25.1. The van der Waals surface area contributed by atoms with Gasteiger partial charge in [-0.25, -0.2) is 4.68 Å². The number of anilines is 1. The largest absolute Gasteiger partial charge is 0.350 e. The van der Waals surface area contributed by atoms with Gasteiger partial charge >= 0.3 is 0 Å². The second kappa shape index (κ2) is 10.8. The number of rotatable bonds is 8. The van der Waals surface area contributed by atoms with Gasteiger partial charge in [0.15, 0.2) is 0 Å². The lowest BCUT2D eigenvalue weighted by molar-refractivity contribution is -0.124. The summed E-state index contributed by atoms with van der Waals surface area (Å²) in [7, 11) is 0. The van der Waals surface area contributed by atoms with Gasteiger partial charge in [0.1, 0.15) is 5.82 Å². The number of nitrogens with one attached hydrogen (secondary N) is 2. The summed E-state index contributed by atoms with van der Waals surface area (Å²) >= 11 is 6.17. The maximum absolute atomic E-state index is 12.7. The van der Waals surface area contributed by atoms with Gasteiger partial charge in [0.2, 0.25) is 11.8 Å². The van der Waals surface area contributed by atoms with Crippen LogP contribution in [0.4, 0.5) is 5.82 Å². The minimum absolute atomic E-state index is 0.0503. The number of carbonyl (C=O) groups is 2. The van der Waals surface area contributed by atoms with Gasteiger partial charge in [-0.1, -0.05) is 78.3 Å². The second-order valence-corrected chi connectivity index (χ2v) is 8.36. The summed E-state index contributed by atoms with van der Waals surface area (Å²) in [6.07, 6.45) is 0.134. The molecule has 0 saturated heterocycles.